The average Bonchev–Trinajstić information content (AvgIpc) is 2.64. The Bertz CT molecular complexity index is 414. The van der Waals surface area contributed by atoms with Crippen molar-refractivity contribution in [2.45, 2.75) is 54.4 Å². The second kappa shape index (κ2) is 17.2. The lowest BCUT2D eigenvalue weighted by atomic mass is 10.3. The maximum atomic E-state index is 10.1. The minimum absolute atomic E-state index is 0.912. The molecule has 5 nitrogen and oxygen atoms in total. The number of nitrogens with zero attached hydrogens (tertiary/aromatic N) is 2. The third-order valence-corrected chi connectivity index (χ3v) is 5.49. The van der Waals surface area contributed by atoms with E-state index in [1.54, 1.807) is 0 Å². The summed E-state index contributed by atoms with van der Waals surface area (Å²) in [6.07, 6.45) is 12.3. The van der Waals surface area contributed by atoms with Crippen molar-refractivity contribution >= 4 is 7.91 Å². The lowest BCUT2D eigenvalue weighted by Gasteiger charge is -2.35. The van der Waals surface area contributed by atoms with Gasteiger partial charge < -0.3 is 23.3 Å². The molecule has 0 aromatic carbocycles. The van der Waals surface area contributed by atoms with E-state index in [0.29, 0.717) is 0 Å². The molecule has 7 heteroatoms. The summed E-state index contributed by atoms with van der Waals surface area (Å²) in [4.78, 5) is 16.9. The average molecular weight is 407 g/mol. The smallest absolute Gasteiger partial charge is 0.110 e. The highest BCUT2D eigenvalue weighted by Crippen LogP contribution is 2.22. The number of terminal acetylenes is 2. The summed E-state index contributed by atoms with van der Waals surface area (Å²) >= 11 is 0. The molecule has 0 N–H and O–H groups in total. The van der Waals surface area contributed by atoms with E-state index in [0.717, 1.165) is 25.9 Å². The van der Waals surface area contributed by atoms with E-state index in [9.17, 15) is 4.20 Å². The van der Waals surface area contributed by atoms with Crippen molar-refractivity contribution in [3.8, 4) is 24.7 Å². The van der Waals surface area contributed by atoms with Gasteiger partial charge in [-0.1, -0.05) is 0 Å². The zero-order chi connectivity index (χ0) is 22.0. The number of rotatable bonds is 10. The SMILES string of the molecule is C#CCC[N+](CC)(CC)CC.C#CCC[N+](CC)(CC)CC.O=P([O-])([O-])F. The van der Waals surface area contributed by atoms with Crippen molar-refractivity contribution in [1.29, 1.82) is 0 Å². The van der Waals surface area contributed by atoms with Crippen molar-refractivity contribution in [2.75, 3.05) is 52.4 Å². The maximum Gasteiger partial charge on any atom is 0.110 e. The van der Waals surface area contributed by atoms with Crippen LogP contribution < -0.4 is 9.79 Å². The fraction of sp³-hybridized carbons (Fsp3) is 0.800. The lowest BCUT2D eigenvalue weighted by Crippen LogP contribution is -2.48. The van der Waals surface area contributed by atoms with Crippen molar-refractivity contribution in [1.82, 2.24) is 0 Å². The van der Waals surface area contributed by atoms with Crippen LogP contribution in [0.4, 0.5) is 4.20 Å². The van der Waals surface area contributed by atoms with Crippen molar-refractivity contribution < 1.29 is 27.5 Å². The molecule has 0 unspecified atom stereocenters. The summed E-state index contributed by atoms with van der Waals surface area (Å²) in [5, 5.41) is 0. The normalized spacial score (nSPS) is 11.2. The first-order chi connectivity index (χ1) is 12.5. The van der Waals surface area contributed by atoms with Gasteiger partial charge in [-0.3, -0.25) is 0 Å². The Labute approximate surface area is 167 Å². The van der Waals surface area contributed by atoms with Crippen LogP contribution >= 0.6 is 7.91 Å². The van der Waals surface area contributed by atoms with Gasteiger partial charge in [0.2, 0.25) is 0 Å². The molecule has 0 spiro atoms. The van der Waals surface area contributed by atoms with Crippen molar-refractivity contribution in [3.63, 3.8) is 0 Å². The fourth-order valence-electron chi connectivity index (χ4n) is 2.89. The highest BCUT2D eigenvalue weighted by Gasteiger charge is 2.19. The highest BCUT2D eigenvalue weighted by atomic mass is 31.2. The second-order valence-electron chi connectivity index (χ2n) is 6.37. The first-order valence-electron chi connectivity index (χ1n) is 9.77. The third-order valence-electron chi connectivity index (χ3n) is 5.49. The largest absolute Gasteiger partial charge is 0.786 e. The first kappa shape index (κ1) is 30.8. The van der Waals surface area contributed by atoms with Gasteiger partial charge in [-0.05, 0) is 41.5 Å². The molecule has 0 aliphatic carbocycles. The van der Waals surface area contributed by atoms with E-state index in [4.69, 9.17) is 27.2 Å². The molecule has 0 aliphatic heterocycles. The molecule has 0 radical (unpaired) electrons. The van der Waals surface area contributed by atoms with Crippen LogP contribution in [0.5, 0.6) is 0 Å². The molecule has 0 aliphatic rings. The summed E-state index contributed by atoms with van der Waals surface area (Å²) in [6, 6.07) is 0. The molecule has 0 aromatic rings. The number of quaternary nitrogens is 2. The van der Waals surface area contributed by atoms with Gasteiger partial charge in [0.15, 0.2) is 0 Å². The zero-order valence-electron chi connectivity index (χ0n) is 18.2. The van der Waals surface area contributed by atoms with Crippen LogP contribution in [-0.4, -0.2) is 61.3 Å². The Morgan fingerprint density at radius 2 is 0.926 bits per heavy atom. The molecular formula is C20H40FN2O3P. The zero-order valence-corrected chi connectivity index (χ0v) is 19.1. The van der Waals surface area contributed by atoms with Gasteiger partial charge in [-0.2, -0.15) is 0 Å². The molecular weight excluding hydrogens is 366 g/mol. The monoisotopic (exact) mass is 406 g/mol. The Morgan fingerprint density at radius 1 is 0.741 bits per heavy atom. The third kappa shape index (κ3) is 18.3. The Hall–Kier alpha value is -0.880. The molecule has 0 fully saturated rings. The maximum absolute atomic E-state index is 10.1. The predicted molar refractivity (Wildman–Crippen MR) is 109 cm³/mol. The van der Waals surface area contributed by atoms with E-state index >= 15 is 0 Å². The molecule has 160 valence electrons. The minimum atomic E-state index is -5.64. The molecule has 0 saturated heterocycles. The summed E-state index contributed by atoms with van der Waals surface area (Å²) < 4.78 is 20.9. The van der Waals surface area contributed by atoms with E-state index in [2.05, 4.69) is 53.4 Å². The van der Waals surface area contributed by atoms with Gasteiger partial charge in [-0.15, -0.1) is 24.7 Å². The fourth-order valence-corrected chi connectivity index (χ4v) is 2.89. The Morgan fingerprint density at radius 3 is 1.04 bits per heavy atom. The van der Waals surface area contributed by atoms with Gasteiger partial charge in [0.05, 0.1) is 65.2 Å². The lowest BCUT2D eigenvalue weighted by molar-refractivity contribution is -0.922. The highest BCUT2D eigenvalue weighted by molar-refractivity contribution is 7.42. The van der Waals surface area contributed by atoms with Crippen LogP contribution in [0.2, 0.25) is 0 Å². The molecule has 0 aromatic heterocycles. The van der Waals surface area contributed by atoms with E-state index in [1.807, 2.05) is 0 Å². The molecule has 0 rings (SSSR count). The minimum Gasteiger partial charge on any atom is -0.786 e. The van der Waals surface area contributed by atoms with Crippen LogP contribution in [0.15, 0.2) is 0 Å². The Balaban J connectivity index is -0.000000344. The number of halogens is 1. The van der Waals surface area contributed by atoms with Crippen molar-refractivity contribution in [3.05, 3.63) is 0 Å². The standard InChI is InChI=1S/2C10H20N.FH2O3P/c2*1-5-9-10-11(6-2,7-3)8-4;1-5(2,3)4/h2*1H,6-10H2,2-4H3;(H2,2,3,4)/q2*+1;/p-2. The summed E-state index contributed by atoms with van der Waals surface area (Å²) in [5.41, 5.74) is 0. The molecule has 0 saturated carbocycles. The second-order valence-corrected chi connectivity index (χ2v) is 7.23. The Kier molecular flexibility index (Phi) is 19.7. The van der Waals surface area contributed by atoms with Gasteiger partial charge in [0.25, 0.3) is 0 Å². The van der Waals surface area contributed by atoms with Gasteiger partial charge in [-0.25, -0.2) is 4.20 Å². The summed E-state index contributed by atoms with van der Waals surface area (Å²) in [6.45, 7) is 22.9. The predicted octanol–water partition coefficient (Wildman–Crippen LogP) is 2.56. The topological polar surface area (TPSA) is 63.2 Å². The summed E-state index contributed by atoms with van der Waals surface area (Å²) in [5.74, 6) is 5.42. The van der Waals surface area contributed by atoms with Crippen LogP contribution in [-0.2, 0) is 4.57 Å². The quantitative estimate of drug-likeness (QED) is 0.318. The first-order valence-corrected chi connectivity index (χ1v) is 11.2. The molecule has 27 heavy (non-hydrogen) atoms. The van der Waals surface area contributed by atoms with Gasteiger partial charge in [0, 0.05) is 0 Å². The van der Waals surface area contributed by atoms with Gasteiger partial charge >= 0.3 is 0 Å². The molecule has 0 amide bonds. The van der Waals surface area contributed by atoms with Crippen LogP contribution in [0.3, 0.4) is 0 Å². The van der Waals surface area contributed by atoms with Crippen molar-refractivity contribution in [2.24, 2.45) is 0 Å². The number of hydrogen-bond donors (Lipinski definition) is 0. The van der Waals surface area contributed by atoms with Crippen LogP contribution in [0.25, 0.3) is 0 Å². The van der Waals surface area contributed by atoms with Crippen LogP contribution in [0.1, 0.15) is 54.4 Å². The number of hydrogen-bond acceptors (Lipinski definition) is 3. The van der Waals surface area contributed by atoms with E-state index in [1.165, 1.54) is 48.2 Å². The van der Waals surface area contributed by atoms with E-state index < -0.39 is 7.91 Å². The van der Waals surface area contributed by atoms with Crippen LogP contribution in [0, 0.1) is 24.7 Å². The summed E-state index contributed by atoms with van der Waals surface area (Å²) in [7, 11) is -5.64. The molecule has 0 heterocycles. The molecule has 0 bridgehead atoms. The van der Waals surface area contributed by atoms with E-state index in [-0.39, 0.29) is 0 Å². The molecule has 0 atom stereocenters. The van der Waals surface area contributed by atoms with Gasteiger partial charge in [0.1, 0.15) is 7.91 Å².